The van der Waals surface area contributed by atoms with Gasteiger partial charge in [0.2, 0.25) is 5.82 Å². The highest BCUT2D eigenvalue weighted by Gasteiger charge is 2.40. The first-order valence-electron chi connectivity index (χ1n) is 8.38. The van der Waals surface area contributed by atoms with Gasteiger partial charge in [-0.05, 0) is 50.8 Å². The van der Waals surface area contributed by atoms with E-state index in [0.29, 0.717) is 17.6 Å². The van der Waals surface area contributed by atoms with Crippen molar-refractivity contribution in [3.8, 4) is 0 Å². The third-order valence-electron chi connectivity index (χ3n) is 5.26. The summed E-state index contributed by atoms with van der Waals surface area (Å²) in [7, 11) is 1.71. The summed E-state index contributed by atoms with van der Waals surface area (Å²) in [4.78, 5) is 17.0. The molecule has 24 heavy (non-hydrogen) atoms. The number of ether oxygens (including phenoxy) is 1. The Hall–Kier alpha value is -2.06. The molecule has 2 fully saturated rings. The molecule has 128 valence electrons. The number of amides is 1. The van der Waals surface area contributed by atoms with E-state index < -0.39 is 0 Å². The summed E-state index contributed by atoms with van der Waals surface area (Å²) in [5, 5.41) is 14.5. The second kappa shape index (κ2) is 6.10. The van der Waals surface area contributed by atoms with Crippen molar-refractivity contribution in [3.05, 3.63) is 23.8 Å². The van der Waals surface area contributed by atoms with Gasteiger partial charge >= 0.3 is 0 Å². The van der Waals surface area contributed by atoms with E-state index in [2.05, 4.69) is 25.8 Å². The Bertz CT molecular complexity index is 760. The van der Waals surface area contributed by atoms with Gasteiger partial charge in [-0.2, -0.15) is 0 Å². The Kier molecular flexibility index (Phi) is 3.93. The van der Waals surface area contributed by atoms with Crippen LogP contribution in [0.15, 0.2) is 12.3 Å². The van der Waals surface area contributed by atoms with E-state index >= 15 is 0 Å². The van der Waals surface area contributed by atoms with Crippen LogP contribution in [0.5, 0.6) is 0 Å². The van der Waals surface area contributed by atoms with Gasteiger partial charge < -0.3 is 15.4 Å². The highest BCUT2D eigenvalue weighted by atomic mass is 16.5. The number of carbonyl (C=O) groups is 1. The second-order valence-corrected chi connectivity index (χ2v) is 6.77. The summed E-state index contributed by atoms with van der Waals surface area (Å²) in [5.41, 5.74) is 0.841. The van der Waals surface area contributed by atoms with Crippen LogP contribution >= 0.6 is 0 Å². The van der Waals surface area contributed by atoms with E-state index in [9.17, 15) is 4.79 Å². The van der Waals surface area contributed by atoms with Crippen molar-refractivity contribution >= 4 is 11.7 Å². The third kappa shape index (κ3) is 2.65. The molecule has 4 atom stereocenters. The number of rotatable bonds is 3. The van der Waals surface area contributed by atoms with E-state index in [4.69, 9.17) is 4.74 Å². The number of carbonyl (C=O) groups excluding carboxylic acids is 1. The number of hydrogen-bond acceptors (Lipinski definition) is 6. The average Bonchev–Trinajstić information content (AvgIpc) is 3.19. The molecule has 2 aliphatic rings. The normalized spacial score (nSPS) is 29.6. The minimum absolute atomic E-state index is 0.00518. The first kappa shape index (κ1) is 15.5. The molecule has 1 aliphatic heterocycles. The molecule has 0 bridgehead atoms. The van der Waals surface area contributed by atoms with E-state index in [-0.39, 0.29) is 23.9 Å². The topological polar surface area (TPSA) is 93.4 Å². The van der Waals surface area contributed by atoms with Gasteiger partial charge in [0, 0.05) is 19.0 Å². The maximum Gasteiger partial charge on any atom is 0.289 e. The van der Waals surface area contributed by atoms with Crippen LogP contribution in [0, 0.1) is 18.8 Å². The fourth-order valence-electron chi connectivity index (χ4n) is 3.95. The molecule has 3 heterocycles. The zero-order valence-corrected chi connectivity index (χ0v) is 13.9. The van der Waals surface area contributed by atoms with Gasteiger partial charge in [-0.15, -0.1) is 10.2 Å². The lowest BCUT2D eigenvalue weighted by molar-refractivity contribution is 0.0123. The van der Waals surface area contributed by atoms with Crippen molar-refractivity contribution in [1.29, 1.82) is 0 Å². The zero-order chi connectivity index (χ0) is 16.7. The standard InChI is InChI=1S/C16H22N6O2/c1-9-3-4-22-14(20-21-16(22)18-9)15(23)19-12-5-10-7-17-8-11(10)6-13(12)24-2/h3-4,10-13,17H,5-8H2,1-2H3,(H,19,23)/t10-,11+,12-,13-/m0/s1. The molecule has 1 saturated heterocycles. The maximum absolute atomic E-state index is 12.7. The van der Waals surface area contributed by atoms with Gasteiger partial charge in [0.25, 0.3) is 11.7 Å². The fourth-order valence-corrected chi connectivity index (χ4v) is 3.95. The molecule has 2 aromatic rings. The van der Waals surface area contributed by atoms with Crippen LogP contribution in [0.25, 0.3) is 5.78 Å². The quantitative estimate of drug-likeness (QED) is 0.834. The lowest BCUT2D eigenvalue weighted by Crippen LogP contribution is -2.50. The third-order valence-corrected chi connectivity index (χ3v) is 5.26. The lowest BCUT2D eigenvalue weighted by Gasteiger charge is -2.37. The summed E-state index contributed by atoms with van der Waals surface area (Å²) in [6.07, 6.45) is 3.71. The van der Waals surface area contributed by atoms with Gasteiger partial charge in [0.05, 0.1) is 12.1 Å². The molecule has 1 aliphatic carbocycles. The first-order valence-corrected chi connectivity index (χ1v) is 8.38. The molecule has 1 amide bonds. The smallest absolute Gasteiger partial charge is 0.289 e. The van der Waals surface area contributed by atoms with E-state index in [1.807, 2.05) is 13.0 Å². The van der Waals surface area contributed by atoms with Crippen LogP contribution in [0.2, 0.25) is 0 Å². The molecular weight excluding hydrogens is 308 g/mol. The predicted octanol–water partition coefficient (Wildman–Crippen LogP) is 0.176. The number of aryl methyl sites for hydroxylation is 1. The van der Waals surface area contributed by atoms with Gasteiger partial charge in [-0.1, -0.05) is 0 Å². The van der Waals surface area contributed by atoms with Gasteiger partial charge in [0.15, 0.2) is 0 Å². The monoisotopic (exact) mass is 330 g/mol. The van der Waals surface area contributed by atoms with Gasteiger partial charge in [-0.3, -0.25) is 9.20 Å². The molecule has 8 heteroatoms. The van der Waals surface area contributed by atoms with Crippen molar-refractivity contribution in [2.75, 3.05) is 20.2 Å². The predicted molar refractivity (Wildman–Crippen MR) is 86.7 cm³/mol. The van der Waals surface area contributed by atoms with Crippen molar-refractivity contribution in [2.45, 2.75) is 31.9 Å². The molecule has 1 saturated carbocycles. The van der Waals surface area contributed by atoms with E-state index in [1.165, 1.54) is 0 Å². The maximum atomic E-state index is 12.7. The van der Waals surface area contributed by atoms with Crippen LogP contribution in [0.1, 0.15) is 29.2 Å². The average molecular weight is 330 g/mol. The Morgan fingerprint density at radius 1 is 1.33 bits per heavy atom. The van der Waals surface area contributed by atoms with E-state index in [0.717, 1.165) is 31.6 Å². The summed E-state index contributed by atoms with van der Waals surface area (Å²) in [6, 6.07) is 1.83. The summed E-state index contributed by atoms with van der Waals surface area (Å²) < 4.78 is 7.25. The number of hydrogen-bond donors (Lipinski definition) is 2. The first-order chi connectivity index (χ1) is 11.7. The molecule has 2 aromatic heterocycles. The van der Waals surface area contributed by atoms with Crippen molar-refractivity contribution in [2.24, 2.45) is 11.8 Å². The summed E-state index contributed by atoms with van der Waals surface area (Å²) in [6.45, 7) is 3.95. The number of nitrogens with zero attached hydrogens (tertiary/aromatic N) is 4. The van der Waals surface area contributed by atoms with Gasteiger partial charge in [-0.25, -0.2) is 4.98 Å². The molecule has 2 N–H and O–H groups in total. The molecule has 4 rings (SSSR count). The highest BCUT2D eigenvalue weighted by Crippen LogP contribution is 2.34. The lowest BCUT2D eigenvalue weighted by atomic mass is 9.77. The van der Waals surface area contributed by atoms with E-state index in [1.54, 1.807) is 17.7 Å². The summed E-state index contributed by atoms with van der Waals surface area (Å²) in [5.74, 6) is 1.71. The number of fused-ring (bicyclic) bond motifs is 2. The van der Waals surface area contributed by atoms with Crippen LogP contribution in [0.4, 0.5) is 0 Å². The summed E-state index contributed by atoms with van der Waals surface area (Å²) >= 11 is 0. The van der Waals surface area contributed by atoms with Crippen molar-refractivity contribution in [1.82, 2.24) is 30.2 Å². The Morgan fingerprint density at radius 2 is 2.12 bits per heavy atom. The second-order valence-electron chi connectivity index (χ2n) is 6.77. The largest absolute Gasteiger partial charge is 0.379 e. The Balaban J connectivity index is 1.53. The molecular formula is C16H22N6O2. The number of aromatic nitrogens is 4. The van der Waals surface area contributed by atoms with Crippen LogP contribution in [0.3, 0.4) is 0 Å². The highest BCUT2D eigenvalue weighted by molar-refractivity contribution is 5.91. The number of nitrogens with one attached hydrogen (secondary N) is 2. The SMILES string of the molecule is CO[C@H]1C[C@@H]2CNC[C@@H]2C[C@@H]1NC(=O)c1nnc2nc(C)ccn12. The van der Waals surface area contributed by atoms with Crippen LogP contribution < -0.4 is 10.6 Å². The zero-order valence-electron chi connectivity index (χ0n) is 13.9. The molecule has 0 aromatic carbocycles. The molecule has 0 unspecified atom stereocenters. The van der Waals surface area contributed by atoms with Gasteiger partial charge in [0.1, 0.15) is 0 Å². The molecule has 0 radical (unpaired) electrons. The number of methoxy groups -OCH3 is 1. The minimum atomic E-state index is -0.232. The van der Waals surface area contributed by atoms with Crippen molar-refractivity contribution in [3.63, 3.8) is 0 Å². The van der Waals surface area contributed by atoms with Crippen molar-refractivity contribution < 1.29 is 9.53 Å². The Labute approximate surface area is 140 Å². The van der Waals surface area contributed by atoms with Crippen LogP contribution in [-0.2, 0) is 4.74 Å². The Morgan fingerprint density at radius 3 is 2.92 bits per heavy atom. The fraction of sp³-hybridized carbons (Fsp3) is 0.625. The minimum Gasteiger partial charge on any atom is -0.379 e. The molecule has 8 nitrogen and oxygen atoms in total. The van der Waals surface area contributed by atoms with Crippen LogP contribution in [-0.4, -0.2) is 57.8 Å². The molecule has 0 spiro atoms.